The second kappa shape index (κ2) is 6.80. The summed E-state index contributed by atoms with van der Waals surface area (Å²) in [5.74, 6) is 0.102. The van der Waals surface area contributed by atoms with Gasteiger partial charge in [-0.3, -0.25) is 9.69 Å². The molecule has 1 aromatic rings. The summed E-state index contributed by atoms with van der Waals surface area (Å²) in [6.07, 6.45) is 1.07. The molecule has 0 saturated heterocycles. The molecule has 0 saturated carbocycles. The molecular formula is C18H29N3O. The van der Waals surface area contributed by atoms with Crippen LogP contribution in [0.25, 0.3) is 0 Å². The van der Waals surface area contributed by atoms with E-state index in [9.17, 15) is 4.79 Å². The molecule has 1 atom stereocenters. The van der Waals surface area contributed by atoms with E-state index in [1.807, 2.05) is 13.8 Å². The van der Waals surface area contributed by atoms with E-state index in [1.54, 1.807) is 0 Å². The van der Waals surface area contributed by atoms with Crippen LogP contribution < -0.4 is 11.1 Å². The summed E-state index contributed by atoms with van der Waals surface area (Å²) in [5.41, 5.74) is 8.66. The van der Waals surface area contributed by atoms with Gasteiger partial charge in [0.05, 0.1) is 6.04 Å². The molecule has 1 aliphatic rings. The summed E-state index contributed by atoms with van der Waals surface area (Å²) in [6, 6.07) is 8.18. The number of nitrogens with one attached hydrogen (secondary N) is 1. The quantitative estimate of drug-likeness (QED) is 0.874. The van der Waals surface area contributed by atoms with Gasteiger partial charge in [0.2, 0.25) is 5.91 Å². The lowest BCUT2D eigenvalue weighted by atomic mass is 9.94. The number of benzene rings is 1. The predicted octanol–water partition coefficient (Wildman–Crippen LogP) is 1.92. The molecular weight excluding hydrogens is 274 g/mol. The van der Waals surface area contributed by atoms with Crippen LogP contribution in [0.2, 0.25) is 0 Å². The fourth-order valence-electron chi connectivity index (χ4n) is 2.85. The SMILES string of the molecule is CC(C)[C@H](N)C(=O)NCC(C)(C)N1CCc2ccccc2C1. The van der Waals surface area contributed by atoms with Gasteiger partial charge in [-0.15, -0.1) is 0 Å². The third kappa shape index (κ3) is 3.87. The zero-order valence-corrected chi connectivity index (χ0v) is 14.2. The van der Waals surface area contributed by atoms with Gasteiger partial charge >= 0.3 is 0 Å². The third-order valence-corrected chi connectivity index (χ3v) is 4.70. The van der Waals surface area contributed by atoms with Gasteiger partial charge < -0.3 is 11.1 Å². The normalized spacial score (nSPS) is 17.2. The number of rotatable bonds is 5. The van der Waals surface area contributed by atoms with Crippen LogP contribution >= 0.6 is 0 Å². The Balaban J connectivity index is 1.95. The largest absolute Gasteiger partial charge is 0.353 e. The maximum Gasteiger partial charge on any atom is 0.237 e. The predicted molar refractivity (Wildman–Crippen MR) is 90.5 cm³/mol. The van der Waals surface area contributed by atoms with Crippen LogP contribution in [-0.4, -0.2) is 35.5 Å². The molecule has 3 N–H and O–H groups in total. The molecule has 0 spiro atoms. The van der Waals surface area contributed by atoms with Crippen LogP contribution in [0.3, 0.4) is 0 Å². The summed E-state index contributed by atoms with van der Waals surface area (Å²) in [5, 5.41) is 3.02. The molecule has 22 heavy (non-hydrogen) atoms. The molecule has 1 amide bonds. The number of nitrogens with two attached hydrogens (primary N) is 1. The molecule has 0 unspecified atom stereocenters. The zero-order valence-electron chi connectivity index (χ0n) is 14.2. The van der Waals surface area contributed by atoms with Crippen LogP contribution in [0.4, 0.5) is 0 Å². The average Bonchev–Trinajstić information content (AvgIpc) is 2.51. The lowest BCUT2D eigenvalue weighted by molar-refractivity contribution is -0.123. The lowest BCUT2D eigenvalue weighted by Crippen LogP contribution is -2.55. The van der Waals surface area contributed by atoms with Crippen molar-refractivity contribution in [2.75, 3.05) is 13.1 Å². The average molecular weight is 303 g/mol. The molecule has 0 fully saturated rings. The molecule has 4 heteroatoms. The first kappa shape index (κ1) is 17.0. The smallest absolute Gasteiger partial charge is 0.237 e. The fraction of sp³-hybridized carbons (Fsp3) is 0.611. The van der Waals surface area contributed by atoms with Gasteiger partial charge in [-0.1, -0.05) is 38.1 Å². The number of nitrogens with zero attached hydrogens (tertiary/aromatic N) is 1. The van der Waals surface area contributed by atoms with Gasteiger partial charge in [-0.05, 0) is 37.3 Å². The van der Waals surface area contributed by atoms with E-state index >= 15 is 0 Å². The second-order valence-electron chi connectivity index (χ2n) is 7.24. The maximum atomic E-state index is 12.1. The molecule has 0 aromatic heterocycles. The number of carbonyl (C=O) groups is 1. The molecule has 0 bridgehead atoms. The summed E-state index contributed by atoms with van der Waals surface area (Å²) in [6.45, 7) is 10.9. The number of carbonyl (C=O) groups excluding carboxylic acids is 1. The molecule has 1 aromatic carbocycles. The number of amides is 1. The van der Waals surface area contributed by atoms with Crippen LogP contribution in [0, 0.1) is 5.92 Å². The van der Waals surface area contributed by atoms with E-state index in [0.717, 1.165) is 19.5 Å². The van der Waals surface area contributed by atoms with Crippen LogP contribution in [0.5, 0.6) is 0 Å². The van der Waals surface area contributed by atoms with E-state index in [0.29, 0.717) is 6.54 Å². The molecule has 4 nitrogen and oxygen atoms in total. The third-order valence-electron chi connectivity index (χ3n) is 4.70. The van der Waals surface area contributed by atoms with Crippen molar-refractivity contribution in [3.63, 3.8) is 0 Å². The van der Waals surface area contributed by atoms with Crippen molar-refractivity contribution in [1.82, 2.24) is 10.2 Å². The van der Waals surface area contributed by atoms with Gasteiger partial charge in [-0.2, -0.15) is 0 Å². The highest BCUT2D eigenvalue weighted by atomic mass is 16.2. The van der Waals surface area contributed by atoms with Gasteiger partial charge in [0.1, 0.15) is 0 Å². The minimum Gasteiger partial charge on any atom is -0.353 e. The molecule has 1 heterocycles. The minimum absolute atomic E-state index is 0.0551. The Morgan fingerprint density at radius 1 is 1.32 bits per heavy atom. The summed E-state index contributed by atoms with van der Waals surface area (Å²) < 4.78 is 0. The molecule has 0 aliphatic carbocycles. The summed E-state index contributed by atoms with van der Waals surface area (Å²) in [7, 11) is 0. The zero-order chi connectivity index (χ0) is 16.3. The van der Waals surface area contributed by atoms with Crippen LogP contribution in [0.15, 0.2) is 24.3 Å². The second-order valence-corrected chi connectivity index (χ2v) is 7.24. The molecule has 122 valence electrons. The number of hydrogen-bond donors (Lipinski definition) is 2. The van der Waals surface area contributed by atoms with E-state index in [-0.39, 0.29) is 17.4 Å². The first-order valence-electron chi connectivity index (χ1n) is 8.16. The highest BCUT2D eigenvalue weighted by Gasteiger charge is 2.30. The first-order valence-corrected chi connectivity index (χ1v) is 8.16. The Hall–Kier alpha value is -1.39. The summed E-state index contributed by atoms with van der Waals surface area (Å²) in [4.78, 5) is 14.5. The van der Waals surface area contributed by atoms with Crippen molar-refractivity contribution >= 4 is 5.91 Å². The summed E-state index contributed by atoms with van der Waals surface area (Å²) >= 11 is 0. The standard InChI is InChI=1S/C18H29N3O/c1-13(2)16(19)17(22)20-12-18(3,4)21-10-9-14-7-5-6-8-15(14)11-21/h5-8,13,16H,9-12,19H2,1-4H3,(H,20,22)/t16-/m0/s1. The van der Waals surface area contributed by atoms with Crippen molar-refractivity contribution in [2.45, 2.75) is 52.2 Å². The van der Waals surface area contributed by atoms with Gasteiger partial charge in [0, 0.05) is 25.2 Å². The van der Waals surface area contributed by atoms with Crippen molar-refractivity contribution in [3.8, 4) is 0 Å². The Labute approximate surface area is 134 Å². The van der Waals surface area contributed by atoms with E-state index < -0.39 is 6.04 Å². The highest BCUT2D eigenvalue weighted by molar-refractivity contribution is 5.81. The molecule has 0 radical (unpaired) electrons. The van der Waals surface area contributed by atoms with Gasteiger partial charge in [0.25, 0.3) is 0 Å². The van der Waals surface area contributed by atoms with Crippen molar-refractivity contribution < 1.29 is 4.79 Å². The van der Waals surface area contributed by atoms with Crippen molar-refractivity contribution in [1.29, 1.82) is 0 Å². The number of hydrogen-bond acceptors (Lipinski definition) is 3. The fourth-order valence-corrected chi connectivity index (χ4v) is 2.85. The van der Waals surface area contributed by atoms with Crippen LogP contribution in [0.1, 0.15) is 38.8 Å². The Kier molecular flexibility index (Phi) is 5.24. The Morgan fingerprint density at radius 3 is 2.59 bits per heavy atom. The maximum absolute atomic E-state index is 12.1. The Morgan fingerprint density at radius 2 is 1.95 bits per heavy atom. The van der Waals surface area contributed by atoms with Gasteiger partial charge in [-0.25, -0.2) is 0 Å². The van der Waals surface area contributed by atoms with E-state index in [2.05, 4.69) is 48.3 Å². The topological polar surface area (TPSA) is 58.4 Å². The van der Waals surface area contributed by atoms with Crippen molar-refractivity contribution in [2.24, 2.45) is 11.7 Å². The molecule has 2 rings (SSSR count). The monoisotopic (exact) mass is 303 g/mol. The van der Waals surface area contributed by atoms with Crippen LogP contribution in [-0.2, 0) is 17.8 Å². The molecule has 1 aliphatic heterocycles. The number of fused-ring (bicyclic) bond motifs is 1. The van der Waals surface area contributed by atoms with Gasteiger partial charge in [0.15, 0.2) is 0 Å². The lowest BCUT2D eigenvalue weighted by Gasteiger charge is -2.42. The minimum atomic E-state index is -0.433. The van der Waals surface area contributed by atoms with Crippen molar-refractivity contribution in [3.05, 3.63) is 35.4 Å². The van der Waals surface area contributed by atoms with E-state index in [4.69, 9.17) is 5.73 Å². The highest BCUT2D eigenvalue weighted by Crippen LogP contribution is 2.24. The Bertz CT molecular complexity index is 525. The first-order chi connectivity index (χ1) is 10.3. The van der Waals surface area contributed by atoms with E-state index in [1.165, 1.54) is 11.1 Å².